The van der Waals surface area contributed by atoms with E-state index in [2.05, 4.69) is 53.1 Å². The summed E-state index contributed by atoms with van der Waals surface area (Å²) in [6.45, 7) is 10.9. The maximum absolute atomic E-state index is 13.0. The van der Waals surface area contributed by atoms with Crippen LogP contribution in [-0.2, 0) is 0 Å². The van der Waals surface area contributed by atoms with E-state index in [9.17, 15) is 9.59 Å². The topological polar surface area (TPSA) is 124 Å². The Hall–Kier alpha value is -4.10. The van der Waals surface area contributed by atoms with Crippen LogP contribution in [0.15, 0.2) is 47.0 Å². The van der Waals surface area contributed by atoms with Gasteiger partial charge in [0.15, 0.2) is 5.82 Å². The van der Waals surface area contributed by atoms with E-state index in [4.69, 9.17) is 0 Å². The van der Waals surface area contributed by atoms with Gasteiger partial charge in [-0.1, -0.05) is 0 Å². The van der Waals surface area contributed by atoms with E-state index in [0.717, 1.165) is 31.9 Å². The zero-order valence-electron chi connectivity index (χ0n) is 21.5. The molecule has 190 valence electrons. The zero-order chi connectivity index (χ0) is 26.5. The molecule has 1 aliphatic heterocycles. The number of hydrogen-bond donors (Lipinski definition) is 3. The molecule has 0 unspecified atom stereocenters. The Bertz CT molecular complexity index is 1130. The summed E-state index contributed by atoms with van der Waals surface area (Å²) in [6.07, 6.45) is 9.29. The Kier molecular flexibility index (Phi) is 11.2. The monoisotopic (exact) mass is 490 g/mol. The minimum Gasteiger partial charge on any atom is -0.371 e. The second-order valence-corrected chi connectivity index (χ2v) is 8.19. The SMILES string of the molecule is C#CC.CN=C/C(NC(=O)c1ccnc(-c2ccc(C(=O)NC(C)C)nc2)n1)=C(\C)N1CCNCC1. The molecule has 0 bridgehead atoms. The lowest BCUT2D eigenvalue weighted by Gasteiger charge is -2.31. The lowest BCUT2D eigenvalue weighted by molar-refractivity contribution is 0.0935. The van der Waals surface area contributed by atoms with E-state index in [1.165, 1.54) is 12.4 Å². The normalized spacial score (nSPS) is 13.9. The molecule has 10 nitrogen and oxygen atoms in total. The number of pyridine rings is 1. The number of nitrogens with zero attached hydrogens (tertiary/aromatic N) is 5. The second-order valence-electron chi connectivity index (χ2n) is 8.19. The van der Waals surface area contributed by atoms with Crippen molar-refractivity contribution in [3.63, 3.8) is 0 Å². The van der Waals surface area contributed by atoms with Crippen molar-refractivity contribution >= 4 is 18.0 Å². The summed E-state index contributed by atoms with van der Waals surface area (Å²) >= 11 is 0. The number of amides is 2. The van der Waals surface area contributed by atoms with Crippen LogP contribution in [0.3, 0.4) is 0 Å². The number of carbonyl (C=O) groups excluding carboxylic acids is 2. The minimum atomic E-state index is -0.357. The van der Waals surface area contributed by atoms with Gasteiger partial charge in [-0.05, 0) is 45.9 Å². The smallest absolute Gasteiger partial charge is 0.274 e. The molecule has 10 heteroatoms. The quantitative estimate of drug-likeness (QED) is 0.400. The number of piperazine rings is 1. The van der Waals surface area contributed by atoms with Gasteiger partial charge in [-0.15, -0.1) is 12.3 Å². The molecule has 2 aromatic heterocycles. The second kappa shape index (κ2) is 14.3. The van der Waals surface area contributed by atoms with Crippen molar-refractivity contribution in [1.82, 2.24) is 35.8 Å². The highest BCUT2D eigenvalue weighted by Gasteiger charge is 2.17. The fourth-order valence-electron chi connectivity index (χ4n) is 3.32. The van der Waals surface area contributed by atoms with Crippen molar-refractivity contribution in [2.75, 3.05) is 33.2 Å². The Labute approximate surface area is 212 Å². The molecule has 0 atom stereocenters. The molecule has 2 aromatic rings. The van der Waals surface area contributed by atoms with E-state index in [-0.39, 0.29) is 23.6 Å². The van der Waals surface area contributed by atoms with Crippen LogP contribution in [0.2, 0.25) is 0 Å². The molecule has 0 aliphatic carbocycles. The van der Waals surface area contributed by atoms with Gasteiger partial charge < -0.3 is 20.9 Å². The van der Waals surface area contributed by atoms with E-state index >= 15 is 0 Å². The summed E-state index contributed by atoms with van der Waals surface area (Å²) in [7, 11) is 1.66. The molecule has 1 saturated heterocycles. The largest absolute Gasteiger partial charge is 0.371 e. The third kappa shape index (κ3) is 8.29. The van der Waals surface area contributed by atoms with Gasteiger partial charge in [0.05, 0.1) is 5.70 Å². The lowest BCUT2D eigenvalue weighted by Crippen LogP contribution is -2.43. The standard InChI is InChI=1S/C23H30N8O2.C3H4/c1-15(2)28-22(32)18-6-5-17(13-27-18)21-26-8-7-19(29-21)23(33)30-20(14-24-4)16(3)31-11-9-25-10-12-31;1-3-2/h5-8,13-15,25H,9-12H2,1-4H3,(H,28,32)(H,30,33);1H,2H3/b20-16-,24-14?;. The highest BCUT2D eigenvalue weighted by molar-refractivity contribution is 5.98. The first kappa shape index (κ1) is 28.1. The van der Waals surface area contributed by atoms with Gasteiger partial charge in [0.1, 0.15) is 11.4 Å². The Morgan fingerprint density at radius 2 is 1.86 bits per heavy atom. The van der Waals surface area contributed by atoms with E-state index in [0.29, 0.717) is 22.8 Å². The average Bonchev–Trinajstić information content (AvgIpc) is 2.88. The maximum Gasteiger partial charge on any atom is 0.274 e. The molecule has 1 aliphatic rings. The predicted molar refractivity (Wildman–Crippen MR) is 141 cm³/mol. The van der Waals surface area contributed by atoms with Crippen molar-refractivity contribution in [2.45, 2.75) is 33.7 Å². The first-order valence-electron chi connectivity index (χ1n) is 11.7. The van der Waals surface area contributed by atoms with E-state index in [1.807, 2.05) is 20.8 Å². The van der Waals surface area contributed by atoms with Gasteiger partial charge in [-0.25, -0.2) is 9.97 Å². The molecule has 0 aromatic carbocycles. The number of allylic oxidation sites excluding steroid dienone is 2. The number of terminal acetylenes is 1. The molecule has 36 heavy (non-hydrogen) atoms. The number of aromatic nitrogens is 3. The summed E-state index contributed by atoms with van der Waals surface area (Å²) in [5, 5.41) is 9.04. The summed E-state index contributed by atoms with van der Waals surface area (Å²) in [5.74, 6) is 1.99. The molecule has 0 saturated carbocycles. The third-order valence-electron chi connectivity index (χ3n) is 5.05. The number of aliphatic imine (C=N–C) groups is 1. The van der Waals surface area contributed by atoms with Crippen LogP contribution in [0.5, 0.6) is 0 Å². The van der Waals surface area contributed by atoms with Crippen LogP contribution in [0.1, 0.15) is 48.7 Å². The highest BCUT2D eigenvalue weighted by Crippen LogP contribution is 2.15. The van der Waals surface area contributed by atoms with Crippen molar-refractivity contribution in [3.05, 3.63) is 53.4 Å². The number of hydrogen-bond acceptors (Lipinski definition) is 8. The van der Waals surface area contributed by atoms with Crippen LogP contribution in [0, 0.1) is 12.3 Å². The number of nitrogens with one attached hydrogen (secondary N) is 3. The van der Waals surface area contributed by atoms with Gasteiger partial charge in [-0.3, -0.25) is 19.6 Å². The average molecular weight is 491 g/mol. The first-order chi connectivity index (χ1) is 17.3. The van der Waals surface area contributed by atoms with Crippen molar-refractivity contribution in [2.24, 2.45) is 4.99 Å². The van der Waals surface area contributed by atoms with Crippen molar-refractivity contribution in [3.8, 4) is 23.7 Å². The summed E-state index contributed by atoms with van der Waals surface area (Å²) in [5.41, 5.74) is 2.71. The lowest BCUT2D eigenvalue weighted by atomic mass is 10.2. The molecule has 2 amide bonds. The van der Waals surface area contributed by atoms with Gasteiger partial charge >= 0.3 is 0 Å². The Morgan fingerprint density at radius 1 is 1.17 bits per heavy atom. The molecular formula is C26H34N8O2. The van der Waals surface area contributed by atoms with Gasteiger partial charge in [0.2, 0.25) is 0 Å². The van der Waals surface area contributed by atoms with Crippen LogP contribution in [-0.4, -0.2) is 77.1 Å². The van der Waals surface area contributed by atoms with Crippen LogP contribution in [0.25, 0.3) is 11.4 Å². The molecule has 3 heterocycles. The predicted octanol–water partition coefficient (Wildman–Crippen LogP) is 1.88. The maximum atomic E-state index is 13.0. The van der Waals surface area contributed by atoms with Crippen LogP contribution >= 0.6 is 0 Å². The van der Waals surface area contributed by atoms with Crippen molar-refractivity contribution < 1.29 is 9.59 Å². The summed E-state index contributed by atoms with van der Waals surface area (Å²) < 4.78 is 0. The summed E-state index contributed by atoms with van der Waals surface area (Å²) in [4.78, 5) is 44.2. The van der Waals surface area contributed by atoms with E-state index < -0.39 is 0 Å². The van der Waals surface area contributed by atoms with Gasteiger partial charge in [-0.2, -0.15) is 0 Å². The highest BCUT2D eigenvalue weighted by atomic mass is 16.2. The molecule has 1 fully saturated rings. The van der Waals surface area contributed by atoms with Crippen LogP contribution in [0.4, 0.5) is 0 Å². The number of rotatable bonds is 7. The van der Waals surface area contributed by atoms with Gasteiger partial charge in [0, 0.05) is 69.1 Å². The minimum absolute atomic E-state index is 0.0180. The fraction of sp³-hybridized carbons (Fsp3) is 0.385. The number of carbonyl (C=O) groups is 2. The van der Waals surface area contributed by atoms with Crippen molar-refractivity contribution in [1.29, 1.82) is 0 Å². The Balaban J connectivity index is 0.00000145. The molecular weight excluding hydrogens is 456 g/mol. The molecule has 3 rings (SSSR count). The summed E-state index contributed by atoms with van der Waals surface area (Å²) in [6, 6.07) is 4.89. The first-order valence-corrected chi connectivity index (χ1v) is 11.7. The molecule has 0 spiro atoms. The van der Waals surface area contributed by atoms with Gasteiger partial charge in [0.25, 0.3) is 11.8 Å². The van der Waals surface area contributed by atoms with Crippen LogP contribution < -0.4 is 16.0 Å². The fourth-order valence-corrected chi connectivity index (χ4v) is 3.32. The molecule has 3 N–H and O–H groups in total. The third-order valence-corrected chi connectivity index (χ3v) is 5.05. The Morgan fingerprint density at radius 3 is 2.44 bits per heavy atom. The zero-order valence-corrected chi connectivity index (χ0v) is 21.5. The van der Waals surface area contributed by atoms with E-state index in [1.54, 1.807) is 38.4 Å². The molecule has 0 radical (unpaired) electrons.